The molecule has 1 fully saturated rings. The minimum absolute atomic E-state index is 0.124. The number of aromatic nitrogens is 3. The molecule has 0 atom stereocenters. The Morgan fingerprint density at radius 1 is 1.29 bits per heavy atom. The number of rotatable bonds is 4. The van der Waals surface area contributed by atoms with Crippen molar-refractivity contribution in [3.63, 3.8) is 0 Å². The first-order valence-corrected chi connectivity index (χ1v) is 8.89. The number of piperazine rings is 1. The molecule has 2 aromatic heterocycles. The maximum absolute atomic E-state index is 12.3. The molecule has 8 nitrogen and oxygen atoms in total. The molecule has 0 amide bonds. The summed E-state index contributed by atoms with van der Waals surface area (Å²) in [5, 5.41) is 13.5. The van der Waals surface area contributed by atoms with Gasteiger partial charge >= 0.3 is 0 Å². The predicted molar refractivity (Wildman–Crippen MR) is 77.6 cm³/mol. The molecule has 10 heteroatoms. The lowest BCUT2D eigenvalue weighted by Crippen LogP contribution is -2.49. The second kappa shape index (κ2) is 5.70. The Bertz CT molecular complexity index is 689. The molecule has 3 heterocycles. The first kappa shape index (κ1) is 14.4. The van der Waals surface area contributed by atoms with Crippen molar-refractivity contribution in [3.8, 4) is 0 Å². The Hall–Kier alpha value is -1.52. The third-order valence-corrected chi connectivity index (χ3v) is 5.95. The van der Waals surface area contributed by atoms with E-state index in [1.165, 1.54) is 21.9 Å². The van der Waals surface area contributed by atoms with E-state index in [1.807, 2.05) is 6.92 Å². The van der Waals surface area contributed by atoms with Gasteiger partial charge in [-0.1, -0.05) is 16.5 Å². The van der Waals surface area contributed by atoms with Crippen LogP contribution in [-0.2, 0) is 15.8 Å². The van der Waals surface area contributed by atoms with Crippen molar-refractivity contribution in [3.05, 3.63) is 23.0 Å². The molecular weight excluding hydrogens is 314 g/mol. The fraction of sp³-hybridized carbons (Fsp3) is 0.545. The first-order chi connectivity index (χ1) is 10.0. The molecule has 0 aromatic carbocycles. The maximum atomic E-state index is 12.3. The van der Waals surface area contributed by atoms with Gasteiger partial charge < -0.3 is 9.42 Å². The van der Waals surface area contributed by atoms with Gasteiger partial charge in [-0.25, -0.2) is 8.42 Å². The zero-order valence-electron chi connectivity index (χ0n) is 11.5. The highest BCUT2D eigenvalue weighted by Crippen LogP contribution is 2.22. The Kier molecular flexibility index (Phi) is 3.91. The van der Waals surface area contributed by atoms with Crippen LogP contribution in [0.25, 0.3) is 0 Å². The van der Waals surface area contributed by atoms with Crippen LogP contribution in [-0.4, -0.2) is 54.3 Å². The summed E-state index contributed by atoms with van der Waals surface area (Å²) in [4.78, 5) is 2.06. The minimum Gasteiger partial charge on any atom is -0.364 e. The van der Waals surface area contributed by atoms with Crippen LogP contribution in [0, 0.1) is 6.92 Å². The summed E-state index contributed by atoms with van der Waals surface area (Å²) in [5.74, 6) is -0.124. The topological polar surface area (TPSA) is 92.4 Å². The van der Waals surface area contributed by atoms with Crippen LogP contribution in [0.1, 0.15) is 10.7 Å². The lowest BCUT2D eigenvalue weighted by atomic mass is 10.4. The maximum Gasteiger partial charge on any atom is 0.220 e. The van der Waals surface area contributed by atoms with E-state index in [2.05, 4.69) is 24.8 Å². The number of hydrogen-bond donors (Lipinski definition) is 0. The second-order valence-corrected chi connectivity index (χ2v) is 7.87. The SMILES string of the molecule is Cc1nnc(N2CCN(S(=O)(=O)Cc3ccon3)CC2)s1. The molecule has 2 aromatic rings. The number of anilines is 1. The molecule has 0 aliphatic carbocycles. The van der Waals surface area contributed by atoms with Crippen molar-refractivity contribution >= 4 is 26.5 Å². The van der Waals surface area contributed by atoms with E-state index >= 15 is 0 Å². The van der Waals surface area contributed by atoms with Gasteiger partial charge in [0.15, 0.2) is 0 Å². The fourth-order valence-electron chi connectivity index (χ4n) is 2.16. The molecular formula is C11H15N5O3S2. The highest BCUT2D eigenvalue weighted by Gasteiger charge is 2.28. The van der Waals surface area contributed by atoms with Gasteiger partial charge in [-0.3, -0.25) is 0 Å². The van der Waals surface area contributed by atoms with Gasteiger partial charge in [0.25, 0.3) is 0 Å². The fourth-order valence-corrected chi connectivity index (χ4v) is 4.33. The van der Waals surface area contributed by atoms with Crippen LogP contribution in [0.5, 0.6) is 0 Å². The van der Waals surface area contributed by atoms with Crippen molar-refractivity contribution in [2.75, 3.05) is 31.1 Å². The summed E-state index contributed by atoms with van der Waals surface area (Å²) in [7, 11) is -3.36. The molecule has 0 spiro atoms. The normalized spacial score (nSPS) is 17.3. The molecule has 0 unspecified atom stereocenters. The average molecular weight is 329 g/mol. The summed E-state index contributed by atoms with van der Waals surface area (Å²) in [5.41, 5.74) is 0.428. The highest BCUT2D eigenvalue weighted by molar-refractivity contribution is 7.88. The van der Waals surface area contributed by atoms with Crippen molar-refractivity contribution in [1.29, 1.82) is 0 Å². The minimum atomic E-state index is -3.36. The quantitative estimate of drug-likeness (QED) is 0.806. The highest BCUT2D eigenvalue weighted by atomic mass is 32.2. The average Bonchev–Trinajstić information content (AvgIpc) is 3.10. The van der Waals surface area contributed by atoms with Crippen molar-refractivity contribution in [2.24, 2.45) is 0 Å². The van der Waals surface area contributed by atoms with Crippen molar-refractivity contribution in [1.82, 2.24) is 19.7 Å². The van der Waals surface area contributed by atoms with E-state index in [9.17, 15) is 8.42 Å². The second-order valence-electron chi connectivity index (χ2n) is 4.74. The van der Waals surface area contributed by atoms with E-state index < -0.39 is 10.0 Å². The zero-order chi connectivity index (χ0) is 14.9. The monoisotopic (exact) mass is 329 g/mol. The summed E-state index contributed by atoms with van der Waals surface area (Å²) in [6.07, 6.45) is 1.38. The van der Waals surface area contributed by atoms with Crippen LogP contribution in [0.2, 0.25) is 0 Å². The van der Waals surface area contributed by atoms with E-state index in [0.29, 0.717) is 31.9 Å². The van der Waals surface area contributed by atoms with Crippen molar-refractivity contribution in [2.45, 2.75) is 12.7 Å². The lowest BCUT2D eigenvalue weighted by molar-refractivity contribution is 0.381. The first-order valence-electron chi connectivity index (χ1n) is 6.47. The van der Waals surface area contributed by atoms with E-state index in [0.717, 1.165) is 10.1 Å². The van der Waals surface area contributed by atoms with Gasteiger partial charge in [0.05, 0.1) is 5.69 Å². The Balaban J connectivity index is 1.62. The Morgan fingerprint density at radius 2 is 2.05 bits per heavy atom. The number of hydrogen-bond acceptors (Lipinski definition) is 8. The van der Waals surface area contributed by atoms with Gasteiger partial charge in [0, 0.05) is 32.2 Å². The van der Waals surface area contributed by atoms with Crippen LogP contribution in [0.4, 0.5) is 5.13 Å². The smallest absolute Gasteiger partial charge is 0.220 e. The summed E-state index contributed by atoms with van der Waals surface area (Å²) >= 11 is 1.52. The molecule has 1 aliphatic heterocycles. The van der Waals surface area contributed by atoms with Gasteiger partial charge in [0.2, 0.25) is 15.2 Å². The van der Waals surface area contributed by atoms with Gasteiger partial charge in [-0.05, 0) is 6.92 Å². The summed E-state index contributed by atoms with van der Waals surface area (Å²) in [6, 6.07) is 1.57. The van der Waals surface area contributed by atoms with Gasteiger partial charge in [-0.2, -0.15) is 4.31 Å². The third-order valence-electron chi connectivity index (χ3n) is 3.24. The molecule has 3 rings (SSSR count). The molecule has 21 heavy (non-hydrogen) atoms. The summed E-state index contributed by atoms with van der Waals surface area (Å²) < 4.78 is 30.8. The third kappa shape index (κ3) is 3.22. The Labute approximate surface area is 126 Å². The van der Waals surface area contributed by atoms with Crippen LogP contribution >= 0.6 is 11.3 Å². The molecule has 114 valence electrons. The lowest BCUT2D eigenvalue weighted by Gasteiger charge is -2.33. The van der Waals surface area contributed by atoms with E-state index in [1.54, 1.807) is 6.07 Å². The van der Waals surface area contributed by atoms with Crippen LogP contribution in [0.3, 0.4) is 0 Å². The van der Waals surface area contributed by atoms with Crippen molar-refractivity contribution < 1.29 is 12.9 Å². The zero-order valence-corrected chi connectivity index (χ0v) is 13.1. The molecule has 0 radical (unpaired) electrons. The molecule has 1 aliphatic rings. The van der Waals surface area contributed by atoms with E-state index in [4.69, 9.17) is 0 Å². The molecule has 0 saturated carbocycles. The van der Waals surface area contributed by atoms with Crippen LogP contribution in [0.15, 0.2) is 16.9 Å². The number of sulfonamides is 1. The van der Waals surface area contributed by atoms with E-state index in [-0.39, 0.29) is 5.75 Å². The van der Waals surface area contributed by atoms with Gasteiger partial charge in [0.1, 0.15) is 17.0 Å². The predicted octanol–water partition coefficient (Wildman–Crippen LogP) is 0.487. The standard InChI is InChI=1S/C11H15N5O3S2/c1-9-12-13-11(20-9)15-3-5-16(6-4-15)21(17,18)8-10-2-7-19-14-10/h2,7H,3-6,8H2,1H3. The Morgan fingerprint density at radius 3 is 2.62 bits per heavy atom. The number of nitrogens with zero attached hydrogens (tertiary/aromatic N) is 5. The number of aryl methyl sites for hydroxylation is 1. The van der Waals surface area contributed by atoms with Crippen LogP contribution < -0.4 is 4.90 Å². The summed E-state index contributed by atoms with van der Waals surface area (Å²) in [6.45, 7) is 4.02. The molecule has 0 N–H and O–H groups in total. The molecule has 1 saturated heterocycles. The largest absolute Gasteiger partial charge is 0.364 e. The van der Waals surface area contributed by atoms with Gasteiger partial charge in [-0.15, -0.1) is 10.2 Å². The molecule has 0 bridgehead atoms.